The van der Waals surface area contributed by atoms with Gasteiger partial charge in [0, 0.05) is 13.0 Å². The first-order chi connectivity index (χ1) is 9.11. The molecule has 5 nitrogen and oxygen atoms in total. The molecule has 0 fully saturated rings. The van der Waals surface area contributed by atoms with Crippen LogP contribution >= 0.6 is 0 Å². The zero-order valence-electron chi connectivity index (χ0n) is 11.3. The first kappa shape index (κ1) is 15.5. The maximum Gasteiger partial charge on any atom is 0.220 e. The fourth-order valence-corrected chi connectivity index (χ4v) is 1.54. The monoisotopic (exact) mass is 266 g/mol. The maximum absolute atomic E-state index is 11.3. The number of rotatable bonds is 8. The van der Waals surface area contributed by atoms with Gasteiger partial charge in [0.1, 0.15) is 18.5 Å². The second kappa shape index (κ2) is 8.50. The third-order valence-electron chi connectivity index (χ3n) is 2.57. The Labute approximate surface area is 113 Å². The molecule has 5 heteroatoms. The Morgan fingerprint density at radius 1 is 1.53 bits per heavy atom. The van der Waals surface area contributed by atoms with E-state index in [1.165, 1.54) is 0 Å². The molecule has 0 bridgehead atoms. The van der Waals surface area contributed by atoms with Gasteiger partial charge in [0.15, 0.2) is 0 Å². The Morgan fingerprint density at radius 2 is 2.32 bits per heavy atom. The molecule has 1 aromatic carbocycles. The van der Waals surface area contributed by atoms with Crippen molar-refractivity contribution in [2.24, 2.45) is 5.73 Å². The molecule has 0 aliphatic rings. The second-order valence-corrected chi connectivity index (χ2v) is 4.48. The minimum Gasteiger partial charge on any atom is -0.491 e. The Bertz CT molecular complexity index is 396. The summed E-state index contributed by atoms with van der Waals surface area (Å²) in [6, 6.07) is 7.60. The number of nitrogens with one attached hydrogen (secondary N) is 1. The number of carbonyl (C=O) groups excluding carboxylic acids is 1. The lowest BCUT2D eigenvalue weighted by molar-refractivity contribution is -0.121. The quantitative estimate of drug-likeness (QED) is 0.643. The van der Waals surface area contributed by atoms with Crippen LogP contribution in [-0.4, -0.2) is 36.8 Å². The van der Waals surface area contributed by atoms with Gasteiger partial charge in [0.05, 0.1) is 0 Å². The average Bonchev–Trinajstić information content (AvgIpc) is 2.40. The zero-order valence-corrected chi connectivity index (χ0v) is 11.3. The highest BCUT2D eigenvalue weighted by molar-refractivity contribution is 5.75. The van der Waals surface area contributed by atoms with Gasteiger partial charge in [-0.1, -0.05) is 12.1 Å². The number of benzene rings is 1. The summed E-state index contributed by atoms with van der Waals surface area (Å²) in [4.78, 5) is 11.3. The van der Waals surface area contributed by atoms with Crippen LogP contribution in [0.5, 0.6) is 5.75 Å². The van der Waals surface area contributed by atoms with Crippen molar-refractivity contribution in [3.63, 3.8) is 0 Å². The van der Waals surface area contributed by atoms with Crippen molar-refractivity contribution in [2.75, 3.05) is 19.7 Å². The highest BCUT2D eigenvalue weighted by atomic mass is 16.5. The molecule has 1 aromatic rings. The molecule has 1 atom stereocenters. The van der Waals surface area contributed by atoms with Crippen molar-refractivity contribution in [2.45, 2.75) is 25.9 Å². The fourth-order valence-electron chi connectivity index (χ4n) is 1.54. The smallest absolute Gasteiger partial charge is 0.220 e. The molecule has 0 saturated heterocycles. The number of ether oxygens (including phenoxy) is 1. The van der Waals surface area contributed by atoms with Gasteiger partial charge >= 0.3 is 0 Å². The van der Waals surface area contributed by atoms with Crippen LogP contribution in [0.3, 0.4) is 0 Å². The molecule has 0 saturated carbocycles. The van der Waals surface area contributed by atoms with Crippen LogP contribution in [0.15, 0.2) is 24.3 Å². The Hall–Kier alpha value is -1.59. The lowest BCUT2D eigenvalue weighted by atomic mass is 10.2. The number of amides is 1. The first-order valence-corrected chi connectivity index (χ1v) is 6.46. The summed E-state index contributed by atoms with van der Waals surface area (Å²) in [6.45, 7) is 2.81. The van der Waals surface area contributed by atoms with E-state index in [9.17, 15) is 9.90 Å². The molecule has 106 valence electrons. The number of carbonyl (C=O) groups is 1. The molecule has 0 aromatic heterocycles. The van der Waals surface area contributed by atoms with E-state index < -0.39 is 6.10 Å². The van der Waals surface area contributed by atoms with Crippen LogP contribution in [0.1, 0.15) is 18.4 Å². The zero-order chi connectivity index (χ0) is 14.1. The molecular weight excluding hydrogens is 244 g/mol. The van der Waals surface area contributed by atoms with Crippen molar-refractivity contribution in [3.8, 4) is 5.75 Å². The Kier molecular flexibility index (Phi) is 6.92. The maximum atomic E-state index is 11.3. The van der Waals surface area contributed by atoms with Gasteiger partial charge in [-0.25, -0.2) is 0 Å². The summed E-state index contributed by atoms with van der Waals surface area (Å²) in [5, 5.41) is 12.3. The van der Waals surface area contributed by atoms with Gasteiger partial charge in [-0.05, 0) is 37.6 Å². The van der Waals surface area contributed by atoms with Crippen molar-refractivity contribution in [1.29, 1.82) is 0 Å². The molecule has 0 spiro atoms. The van der Waals surface area contributed by atoms with Gasteiger partial charge in [-0.3, -0.25) is 4.79 Å². The van der Waals surface area contributed by atoms with Crippen LogP contribution < -0.4 is 15.8 Å². The number of aliphatic hydroxyl groups excluding tert-OH is 1. The standard InChI is InChI=1S/C14H22N2O3/c1-11-4-2-5-13(8-11)19-10-12(17)9-16-14(18)6-3-7-15/h2,4-5,8,12,17H,3,6-7,9-10,15H2,1H3,(H,16,18). The van der Waals surface area contributed by atoms with E-state index in [-0.39, 0.29) is 19.1 Å². The summed E-state index contributed by atoms with van der Waals surface area (Å²) in [5.41, 5.74) is 6.41. The number of hydrogen-bond acceptors (Lipinski definition) is 4. The predicted molar refractivity (Wildman–Crippen MR) is 74.0 cm³/mol. The van der Waals surface area contributed by atoms with Crippen LogP contribution in [-0.2, 0) is 4.79 Å². The van der Waals surface area contributed by atoms with Crippen LogP contribution in [0.25, 0.3) is 0 Å². The SMILES string of the molecule is Cc1cccc(OCC(O)CNC(=O)CCCN)c1. The number of aryl methyl sites for hydroxylation is 1. The molecule has 4 N–H and O–H groups in total. The number of hydrogen-bond donors (Lipinski definition) is 3. The van der Waals surface area contributed by atoms with Crippen LogP contribution in [0.4, 0.5) is 0 Å². The molecule has 0 radical (unpaired) electrons. The van der Waals surface area contributed by atoms with E-state index >= 15 is 0 Å². The minimum atomic E-state index is -0.720. The molecule has 0 heterocycles. The van der Waals surface area contributed by atoms with E-state index in [0.717, 1.165) is 5.56 Å². The number of aliphatic hydroxyl groups is 1. The van der Waals surface area contributed by atoms with E-state index in [0.29, 0.717) is 25.1 Å². The lowest BCUT2D eigenvalue weighted by Gasteiger charge is -2.13. The van der Waals surface area contributed by atoms with Crippen LogP contribution in [0.2, 0.25) is 0 Å². The summed E-state index contributed by atoms with van der Waals surface area (Å²) in [5.74, 6) is 0.619. The second-order valence-electron chi connectivity index (χ2n) is 4.48. The third-order valence-corrected chi connectivity index (χ3v) is 2.57. The van der Waals surface area contributed by atoms with E-state index in [4.69, 9.17) is 10.5 Å². The van der Waals surface area contributed by atoms with Crippen LogP contribution in [0, 0.1) is 6.92 Å². The van der Waals surface area contributed by atoms with Crippen molar-refractivity contribution < 1.29 is 14.6 Å². The fraction of sp³-hybridized carbons (Fsp3) is 0.500. The van der Waals surface area contributed by atoms with Gasteiger partial charge in [-0.15, -0.1) is 0 Å². The molecular formula is C14H22N2O3. The van der Waals surface area contributed by atoms with Gasteiger partial charge in [0.2, 0.25) is 5.91 Å². The van der Waals surface area contributed by atoms with Crippen molar-refractivity contribution in [3.05, 3.63) is 29.8 Å². The van der Waals surface area contributed by atoms with Crippen molar-refractivity contribution in [1.82, 2.24) is 5.32 Å². The lowest BCUT2D eigenvalue weighted by Crippen LogP contribution is -2.35. The topological polar surface area (TPSA) is 84.6 Å². The molecule has 1 amide bonds. The van der Waals surface area contributed by atoms with E-state index in [1.807, 2.05) is 31.2 Å². The average molecular weight is 266 g/mol. The first-order valence-electron chi connectivity index (χ1n) is 6.46. The Morgan fingerprint density at radius 3 is 3.00 bits per heavy atom. The highest BCUT2D eigenvalue weighted by Crippen LogP contribution is 2.12. The molecule has 19 heavy (non-hydrogen) atoms. The molecule has 0 aliphatic heterocycles. The van der Waals surface area contributed by atoms with Gasteiger partial charge < -0.3 is 20.9 Å². The van der Waals surface area contributed by atoms with E-state index in [2.05, 4.69) is 5.32 Å². The predicted octanol–water partition coefficient (Wildman–Crippen LogP) is 0.590. The molecule has 1 rings (SSSR count). The summed E-state index contributed by atoms with van der Waals surface area (Å²) in [6.07, 6.45) is 0.325. The summed E-state index contributed by atoms with van der Waals surface area (Å²) < 4.78 is 5.44. The van der Waals surface area contributed by atoms with Gasteiger partial charge in [-0.2, -0.15) is 0 Å². The van der Waals surface area contributed by atoms with Gasteiger partial charge in [0.25, 0.3) is 0 Å². The minimum absolute atomic E-state index is 0.0972. The normalized spacial score (nSPS) is 11.9. The summed E-state index contributed by atoms with van der Waals surface area (Å²) >= 11 is 0. The highest BCUT2D eigenvalue weighted by Gasteiger charge is 2.07. The molecule has 1 unspecified atom stereocenters. The van der Waals surface area contributed by atoms with Crippen molar-refractivity contribution >= 4 is 5.91 Å². The molecule has 0 aliphatic carbocycles. The third kappa shape index (κ3) is 6.79. The number of nitrogens with two attached hydrogens (primary N) is 1. The Balaban J connectivity index is 2.21. The largest absolute Gasteiger partial charge is 0.491 e. The summed E-state index contributed by atoms with van der Waals surface area (Å²) in [7, 11) is 0. The van der Waals surface area contributed by atoms with E-state index in [1.54, 1.807) is 0 Å².